The van der Waals surface area contributed by atoms with E-state index in [9.17, 15) is 14.8 Å². The van der Waals surface area contributed by atoms with Crippen LogP contribution < -0.4 is 5.32 Å². The van der Waals surface area contributed by atoms with Crippen LogP contribution in [0.1, 0.15) is 64.2 Å². The van der Waals surface area contributed by atoms with Gasteiger partial charge in [-0.25, -0.2) is 0 Å². The number of hydrogen-bond donors (Lipinski definition) is 3. The van der Waals surface area contributed by atoms with Gasteiger partial charge in [-0.1, -0.05) is 24.6 Å². The van der Waals surface area contributed by atoms with Crippen molar-refractivity contribution < 1.29 is 29.4 Å². The maximum atomic E-state index is 12.4. The molecule has 34 heavy (non-hydrogen) atoms. The second-order valence-electron chi connectivity index (χ2n) is 9.49. The Morgan fingerprint density at radius 1 is 1.12 bits per heavy atom. The van der Waals surface area contributed by atoms with E-state index in [2.05, 4.69) is 17.5 Å². The van der Waals surface area contributed by atoms with Gasteiger partial charge in [-0.2, -0.15) is 5.06 Å². The van der Waals surface area contributed by atoms with Gasteiger partial charge in [0, 0.05) is 31.8 Å². The number of carbonyl (C=O) groups excluding carboxylic acids is 1. The molecule has 0 aromatic rings. The fourth-order valence-electron chi connectivity index (χ4n) is 5.11. The first-order valence-electron chi connectivity index (χ1n) is 12.7. The van der Waals surface area contributed by atoms with Gasteiger partial charge >= 0.3 is 5.97 Å². The third-order valence-electron chi connectivity index (χ3n) is 6.91. The number of amides is 1. The van der Waals surface area contributed by atoms with E-state index in [0.29, 0.717) is 32.0 Å². The van der Waals surface area contributed by atoms with E-state index in [1.165, 1.54) is 0 Å². The van der Waals surface area contributed by atoms with Crippen molar-refractivity contribution in [2.24, 2.45) is 11.8 Å². The number of carboxylic acid groups (broad SMARTS) is 1. The average molecular weight is 477 g/mol. The SMILES string of the molecule is O=C(O)CCC/C=C\C[C@H]1[C@@H](CNC(=O)CN(O)CCCCCC2=CC=CCO2)[C@H]2CC[C@@H]1O2. The van der Waals surface area contributed by atoms with Gasteiger partial charge in [0.15, 0.2) is 0 Å². The van der Waals surface area contributed by atoms with Crippen LogP contribution >= 0.6 is 0 Å². The van der Waals surface area contributed by atoms with Crippen LogP contribution in [0.5, 0.6) is 0 Å². The summed E-state index contributed by atoms with van der Waals surface area (Å²) in [5.41, 5.74) is 0. The summed E-state index contributed by atoms with van der Waals surface area (Å²) in [6.45, 7) is 1.66. The summed E-state index contributed by atoms with van der Waals surface area (Å²) in [5, 5.41) is 22.9. The van der Waals surface area contributed by atoms with Crippen LogP contribution in [0, 0.1) is 11.8 Å². The number of allylic oxidation sites excluding steroid dienone is 5. The fourth-order valence-corrected chi connectivity index (χ4v) is 5.11. The highest BCUT2D eigenvalue weighted by Crippen LogP contribution is 2.44. The molecular formula is C26H40N2O6. The highest BCUT2D eigenvalue weighted by atomic mass is 16.5. The molecule has 0 radical (unpaired) electrons. The van der Waals surface area contributed by atoms with Crippen molar-refractivity contribution in [3.63, 3.8) is 0 Å². The van der Waals surface area contributed by atoms with E-state index in [-0.39, 0.29) is 37.0 Å². The van der Waals surface area contributed by atoms with Gasteiger partial charge in [0.05, 0.1) is 18.0 Å². The number of ether oxygens (including phenoxy) is 2. The molecule has 4 atom stereocenters. The lowest BCUT2D eigenvalue weighted by molar-refractivity contribution is -0.138. The van der Waals surface area contributed by atoms with Crippen molar-refractivity contribution in [3.05, 3.63) is 36.1 Å². The second kappa shape index (κ2) is 14.3. The van der Waals surface area contributed by atoms with Gasteiger partial charge < -0.3 is 25.1 Å². The van der Waals surface area contributed by atoms with Crippen LogP contribution in [-0.2, 0) is 19.1 Å². The number of aliphatic carboxylic acids is 1. The van der Waals surface area contributed by atoms with Crippen LogP contribution in [0.4, 0.5) is 0 Å². The van der Waals surface area contributed by atoms with Crippen LogP contribution in [0.3, 0.4) is 0 Å². The van der Waals surface area contributed by atoms with E-state index in [1.807, 2.05) is 18.2 Å². The molecule has 0 saturated carbocycles. The average Bonchev–Trinajstić information content (AvgIpc) is 3.42. The maximum absolute atomic E-state index is 12.4. The Hall–Kier alpha value is -2.16. The second-order valence-corrected chi connectivity index (χ2v) is 9.49. The Labute approximate surface area is 202 Å². The molecule has 3 heterocycles. The Morgan fingerprint density at radius 2 is 1.94 bits per heavy atom. The predicted octanol–water partition coefficient (Wildman–Crippen LogP) is 3.82. The normalized spacial score (nSPS) is 25.6. The van der Waals surface area contributed by atoms with Crippen LogP contribution in [-0.4, -0.2) is 65.7 Å². The zero-order valence-electron chi connectivity index (χ0n) is 20.1. The molecule has 0 unspecified atom stereocenters. The summed E-state index contributed by atoms with van der Waals surface area (Å²) < 4.78 is 11.6. The number of carbonyl (C=O) groups is 2. The monoisotopic (exact) mass is 476 g/mol. The lowest BCUT2D eigenvalue weighted by Crippen LogP contribution is -2.42. The third-order valence-corrected chi connectivity index (χ3v) is 6.91. The molecule has 0 spiro atoms. The Balaban J connectivity index is 1.28. The largest absolute Gasteiger partial charge is 0.494 e. The molecule has 0 aromatic carbocycles. The Bertz CT molecular complexity index is 750. The van der Waals surface area contributed by atoms with E-state index in [1.54, 1.807) is 0 Å². The summed E-state index contributed by atoms with van der Waals surface area (Å²) in [6, 6.07) is 0. The highest BCUT2D eigenvalue weighted by molar-refractivity contribution is 5.77. The van der Waals surface area contributed by atoms with Gasteiger partial charge in [-0.3, -0.25) is 9.59 Å². The van der Waals surface area contributed by atoms with Crippen molar-refractivity contribution >= 4 is 11.9 Å². The molecule has 0 aromatic heterocycles. The van der Waals surface area contributed by atoms with Crippen molar-refractivity contribution in [2.45, 2.75) is 76.4 Å². The number of hydrogen-bond acceptors (Lipinski definition) is 6. The quantitative estimate of drug-likeness (QED) is 0.177. The first kappa shape index (κ1) is 26.4. The molecule has 8 nitrogen and oxygen atoms in total. The first-order chi connectivity index (χ1) is 16.5. The number of unbranched alkanes of at least 4 members (excludes halogenated alkanes) is 3. The minimum atomic E-state index is -0.757. The maximum Gasteiger partial charge on any atom is 0.303 e. The van der Waals surface area contributed by atoms with E-state index >= 15 is 0 Å². The molecular weight excluding hydrogens is 436 g/mol. The number of nitrogens with one attached hydrogen (secondary N) is 1. The zero-order valence-corrected chi connectivity index (χ0v) is 20.1. The van der Waals surface area contributed by atoms with Crippen molar-refractivity contribution in [2.75, 3.05) is 26.2 Å². The standard InChI is InChI=1S/C26H40N2O6/c29-25(19-28(32)16-8-3-4-10-20-11-7-9-17-33-20)27-18-22-21(23-14-15-24(22)34-23)12-5-1-2-6-13-26(30)31/h1,5,7,9,11,21-24,32H,2-4,6,8,10,12-19H2,(H,27,29)(H,30,31)/b5-1-/t21-,22+,23-,24+/m0/s1. The number of hydroxylamine groups is 2. The zero-order chi connectivity index (χ0) is 24.2. The fraction of sp³-hybridized carbons (Fsp3) is 0.692. The molecule has 2 bridgehead atoms. The topological polar surface area (TPSA) is 108 Å². The van der Waals surface area contributed by atoms with Gasteiger partial charge in [0.2, 0.25) is 5.91 Å². The molecule has 3 rings (SSSR count). The Kier molecular flexibility index (Phi) is 11.1. The van der Waals surface area contributed by atoms with Gasteiger partial charge in [0.1, 0.15) is 13.2 Å². The number of fused-ring (bicyclic) bond motifs is 2. The van der Waals surface area contributed by atoms with Crippen molar-refractivity contribution in [1.82, 2.24) is 10.4 Å². The van der Waals surface area contributed by atoms with E-state index in [0.717, 1.165) is 62.2 Å². The van der Waals surface area contributed by atoms with Crippen molar-refractivity contribution in [1.29, 1.82) is 0 Å². The smallest absolute Gasteiger partial charge is 0.303 e. The minimum absolute atomic E-state index is 0.0190. The predicted molar refractivity (Wildman–Crippen MR) is 128 cm³/mol. The molecule has 1 amide bonds. The molecule has 0 aliphatic carbocycles. The molecule has 2 saturated heterocycles. The summed E-state index contributed by atoms with van der Waals surface area (Å²) in [7, 11) is 0. The van der Waals surface area contributed by atoms with Crippen LogP contribution in [0.2, 0.25) is 0 Å². The Morgan fingerprint density at radius 3 is 2.71 bits per heavy atom. The summed E-state index contributed by atoms with van der Waals surface area (Å²) >= 11 is 0. The summed E-state index contributed by atoms with van der Waals surface area (Å²) in [6.07, 6.45) is 18.9. The third kappa shape index (κ3) is 8.89. The molecule has 2 fully saturated rings. The first-order valence-corrected chi connectivity index (χ1v) is 12.7. The summed E-state index contributed by atoms with van der Waals surface area (Å²) in [5.74, 6) is 0.746. The lowest BCUT2D eigenvalue weighted by Gasteiger charge is -2.27. The van der Waals surface area contributed by atoms with Crippen LogP contribution in [0.25, 0.3) is 0 Å². The molecule has 3 aliphatic rings. The van der Waals surface area contributed by atoms with Gasteiger partial charge in [-0.05, 0) is 63.0 Å². The molecule has 8 heteroatoms. The molecule has 3 N–H and O–H groups in total. The number of carboxylic acids is 1. The number of rotatable bonds is 16. The van der Waals surface area contributed by atoms with Gasteiger partial charge in [0.25, 0.3) is 0 Å². The van der Waals surface area contributed by atoms with E-state index < -0.39 is 5.97 Å². The lowest BCUT2D eigenvalue weighted by atomic mass is 9.77. The highest BCUT2D eigenvalue weighted by Gasteiger charge is 2.47. The van der Waals surface area contributed by atoms with E-state index in [4.69, 9.17) is 14.6 Å². The van der Waals surface area contributed by atoms with Crippen molar-refractivity contribution in [3.8, 4) is 0 Å². The minimum Gasteiger partial charge on any atom is -0.494 e. The number of nitrogens with zero attached hydrogens (tertiary/aromatic N) is 1. The molecule has 3 aliphatic heterocycles. The van der Waals surface area contributed by atoms with Gasteiger partial charge in [-0.15, -0.1) is 0 Å². The summed E-state index contributed by atoms with van der Waals surface area (Å²) in [4.78, 5) is 23.0. The van der Waals surface area contributed by atoms with Crippen LogP contribution in [0.15, 0.2) is 36.1 Å². The molecule has 190 valence electrons.